The molecule has 1 aromatic carbocycles. The summed E-state index contributed by atoms with van der Waals surface area (Å²) in [4.78, 5) is 4.63. The number of para-hydroxylation sites is 1. The molecule has 1 aliphatic carbocycles. The Morgan fingerprint density at radius 3 is 2.59 bits per heavy atom. The lowest BCUT2D eigenvalue weighted by atomic mass is 10.2. The molecule has 2 N–H and O–H groups in total. The number of guanidine groups is 1. The number of hydrogen-bond acceptors (Lipinski definition) is 3. The van der Waals surface area contributed by atoms with Crippen LogP contribution in [0.5, 0.6) is 11.5 Å². The molecule has 1 aromatic rings. The quantitative estimate of drug-likeness (QED) is 0.406. The van der Waals surface area contributed by atoms with Crippen LogP contribution in [0.2, 0.25) is 0 Å². The second kappa shape index (κ2) is 9.76. The minimum Gasteiger partial charge on any atom is -0.493 e. The molecule has 0 saturated heterocycles. The van der Waals surface area contributed by atoms with Crippen molar-refractivity contribution in [2.45, 2.75) is 26.3 Å². The van der Waals surface area contributed by atoms with E-state index in [4.69, 9.17) is 9.47 Å². The number of nitrogens with one attached hydrogen (secondary N) is 2. The van der Waals surface area contributed by atoms with Crippen LogP contribution in [0.1, 0.15) is 25.3 Å². The van der Waals surface area contributed by atoms with Crippen molar-refractivity contribution in [1.29, 1.82) is 0 Å². The number of nitrogens with zero attached hydrogens (tertiary/aromatic N) is 1. The van der Waals surface area contributed by atoms with Crippen LogP contribution in [0, 0.1) is 5.92 Å². The fourth-order valence-corrected chi connectivity index (χ4v) is 2.15. The van der Waals surface area contributed by atoms with E-state index in [1.165, 1.54) is 12.8 Å². The van der Waals surface area contributed by atoms with Crippen molar-refractivity contribution in [3.63, 3.8) is 0 Å². The van der Waals surface area contributed by atoms with Crippen LogP contribution in [0.4, 0.5) is 0 Å². The zero-order valence-electron chi connectivity index (χ0n) is 13.5. The number of benzene rings is 1. The van der Waals surface area contributed by atoms with Gasteiger partial charge >= 0.3 is 0 Å². The van der Waals surface area contributed by atoms with Gasteiger partial charge in [-0.2, -0.15) is 0 Å². The van der Waals surface area contributed by atoms with E-state index in [0.29, 0.717) is 6.54 Å². The van der Waals surface area contributed by atoms with Crippen molar-refractivity contribution in [1.82, 2.24) is 10.6 Å². The van der Waals surface area contributed by atoms with Gasteiger partial charge in [0, 0.05) is 18.7 Å². The van der Waals surface area contributed by atoms with Gasteiger partial charge in [0.2, 0.25) is 0 Å². The van der Waals surface area contributed by atoms with Gasteiger partial charge in [0.05, 0.1) is 20.8 Å². The van der Waals surface area contributed by atoms with Crippen molar-refractivity contribution in [3.8, 4) is 11.5 Å². The van der Waals surface area contributed by atoms with Crippen molar-refractivity contribution in [2.75, 3.05) is 27.3 Å². The molecule has 0 amide bonds. The third-order valence-corrected chi connectivity index (χ3v) is 3.49. The standard InChI is InChI=1S/C16H25N3O2.HI/c1-4-17-16(18-10-12-8-9-12)19-11-13-6-5-7-14(20-2)15(13)21-3;/h5-7,12H,4,8-11H2,1-3H3,(H2,17,18,19);1H. The van der Waals surface area contributed by atoms with Gasteiger partial charge in [0.15, 0.2) is 17.5 Å². The van der Waals surface area contributed by atoms with Crippen LogP contribution in [0.25, 0.3) is 0 Å². The van der Waals surface area contributed by atoms with E-state index in [9.17, 15) is 0 Å². The lowest BCUT2D eigenvalue weighted by molar-refractivity contribution is 0.352. The molecule has 0 atom stereocenters. The molecule has 0 unspecified atom stereocenters. The highest BCUT2D eigenvalue weighted by Crippen LogP contribution is 2.31. The number of ether oxygens (including phenoxy) is 2. The Morgan fingerprint density at radius 2 is 2.00 bits per heavy atom. The molecule has 6 heteroatoms. The van der Waals surface area contributed by atoms with Crippen molar-refractivity contribution in [2.24, 2.45) is 10.9 Å². The highest BCUT2D eigenvalue weighted by atomic mass is 127. The normalized spacial score (nSPS) is 14.0. The molecule has 22 heavy (non-hydrogen) atoms. The summed E-state index contributed by atoms with van der Waals surface area (Å²) >= 11 is 0. The molecule has 1 saturated carbocycles. The fraction of sp³-hybridized carbons (Fsp3) is 0.562. The summed E-state index contributed by atoms with van der Waals surface area (Å²) in [7, 11) is 3.30. The minimum atomic E-state index is 0. The molecule has 0 heterocycles. The SMILES string of the molecule is CCNC(=NCc1cccc(OC)c1OC)NCC1CC1.I. The second-order valence-electron chi connectivity index (χ2n) is 5.17. The molecule has 0 bridgehead atoms. The first kappa shape index (κ1) is 18.9. The van der Waals surface area contributed by atoms with E-state index in [-0.39, 0.29) is 24.0 Å². The number of halogens is 1. The largest absolute Gasteiger partial charge is 0.493 e. The van der Waals surface area contributed by atoms with Crippen molar-refractivity contribution >= 4 is 29.9 Å². The zero-order chi connectivity index (χ0) is 15.1. The Kier molecular flexibility index (Phi) is 8.37. The molecule has 1 fully saturated rings. The smallest absolute Gasteiger partial charge is 0.191 e. The van der Waals surface area contributed by atoms with E-state index < -0.39 is 0 Å². The molecule has 2 rings (SSSR count). The van der Waals surface area contributed by atoms with Crippen LogP contribution >= 0.6 is 24.0 Å². The number of aliphatic imine (C=N–C) groups is 1. The molecule has 0 aromatic heterocycles. The molecular weight excluding hydrogens is 393 g/mol. The first-order valence-corrected chi connectivity index (χ1v) is 7.50. The predicted octanol–water partition coefficient (Wildman–Crippen LogP) is 2.79. The van der Waals surface area contributed by atoms with Gasteiger partial charge in [-0.3, -0.25) is 0 Å². The van der Waals surface area contributed by atoms with Crippen LogP contribution in [0.3, 0.4) is 0 Å². The lowest BCUT2D eigenvalue weighted by Crippen LogP contribution is -2.38. The van der Waals surface area contributed by atoms with Crippen LogP contribution < -0.4 is 20.1 Å². The number of rotatable bonds is 7. The number of hydrogen-bond donors (Lipinski definition) is 2. The maximum atomic E-state index is 5.43. The molecule has 0 spiro atoms. The minimum absolute atomic E-state index is 0. The summed E-state index contributed by atoms with van der Waals surface area (Å²) in [5.41, 5.74) is 1.01. The average Bonchev–Trinajstić information content (AvgIpc) is 3.33. The molecule has 124 valence electrons. The van der Waals surface area contributed by atoms with E-state index in [0.717, 1.165) is 42.0 Å². The Balaban J connectivity index is 0.00000242. The van der Waals surface area contributed by atoms with Gasteiger partial charge in [0.1, 0.15) is 0 Å². The maximum absolute atomic E-state index is 5.43. The summed E-state index contributed by atoms with van der Waals surface area (Å²) in [5.74, 6) is 3.16. The van der Waals surface area contributed by atoms with Crippen LogP contribution in [-0.2, 0) is 6.54 Å². The second-order valence-corrected chi connectivity index (χ2v) is 5.17. The van der Waals surface area contributed by atoms with E-state index >= 15 is 0 Å². The first-order valence-electron chi connectivity index (χ1n) is 7.50. The van der Waals surface area contributed by atoms with Crippen molar-refractivity contribution in [3.05, 3.63) is 23.8 Å². The maximum Gasteiger partial charge on any atom is 0.191 e. The van der Waals surface area contributed by atoms with Crippen LogP contribution in [-0.4, -0.2) is 33.3 Å². The summed E-state index contributed by atoms with van der Waals surface area (Å²) < 4.78 is 10.7. The predicted molar refractivity (Wildman–Crippen MR) is 101 cm³/mol. The van der Waals surface area contributed by atoms with Gasteiger partial charge in [-0.05, 0) is 31.7 Å². The molecule has 0 radical (unpaired) electrons. The van der Waals surface area contributed by atoms with Gasteiger partial charge in [-0.1, -0.05) is 12.1 Å². The number of methoxy groups -OCH3 is 2. The Hall–Kier alpha value is -1.18. The topological polar surface area (TPSA) is 54.9 Å². The van der Waals surface area contributed by atoms with Gasteiger partial charge in [-0.15, -0.1) is 24.0 Å². The third-order valence-electron chi connectivity index (χ3n) is 3.49. The first-order chi connectivity index (χ1) is 10.3. The van der Waals surface area contributed by atoms with Gasteiger partial charge in [0.25, 0.3) is 0 Å². The zero-order valence-corrected chi connectivity index (χ0v) is 15.8. The van der Waals surface area contributed by atoms with E-state index in [1.54, 1.807) is 14.2 Å². The van der Waals surface area contributed by atoms with Crippen molar-refractivity contribution < 1.29 is 9.47 Å². The summed E-state index contributed by atoms with van der Waals surface area (Å²) in [6, 6.07) is 5.86. The Morgan fingerprint density at radius 1 is 1.23 bits per heavy atom. The monoisotopic (exact) mass is 419 g/mol. The fourth-order valence-electron chi connectivity index (χ4n) is 2.15. The van der Waals surface area contributed by atoms with Crippen LogP contribution in [0.15, 0.2) is 23.2 Å². The van der Waals surface area contributed by atoms with Gasteiger partial charge < -0.3 is 20.1 Å². The molecule has 1 aliphatic rings. The Bertz CT molecular complexity index is 490. The summed E-state index contributed by atoms with van der Waals surface area (Å²) in [5, 5.41) is 6.65. The molecule has 0 aliphatic heterocycles. The highest BCUT2D eigenvalue weighted by molar-refractivity contribution is 14.0. The van der Waals surface area contributed by atoms with E-state index in [2.05, 4.69) is 22.5 Å². The highest BCUT2D eigenvalue weighted by Gasteiger charge is 2.21. The average molecular weight is 419 g/mol. The molecule has 5 nitrogen and oxygen atoms in total. The van der Waals surface area contributed by atoms with Gasteiger partial charge in [-0.25, -0.2) is 4.99 Å². The lowest BCUT2D eigenvalue weighted by Gasteiger charge is -2.13. The van der Waals surface area contributed by atoms with E-state index in [1.807, 2.05) is 18.2 Å². The summed E-state index contributed by atoms with van der Waals surface area (Å²) in [6.07, 6.45) is 2.66. The third kappa shape index (κ3) is 5.55. The molecular formula is C16H26IN3O2. The summed E-state index contributed by atoms with van der Waals surface area (Å²) in [6.45, 7) is 4.48. The Labute approximate surface area is 149 Å².